The highest BCUT2D eigenvalue weighted by atomic mass is 16.2. The highest BCUT2D eigenvalue weighted by molar-refractivity contribution is 5.99. The Balaban J connectivity index is 1.85. The van der Waals surface area contributed by atoms with Gasteiger partial charge in [-0.1, -0.05) is 51.1 Å². The Morgan fingerprint density at radius 1 is 1.14 bits per heavy atom. The Labute approximate surface area is 132 Å². The molecule has 2 fully saturated rings. The molecule has 1 aromatic rings. The molecule has 0 spiro atoms. The quantitative estimate of drug-likeness (QED) is 0.926. The van der Waals surface area contributed by atoms with Gasteiger partial charge in [-0.2, -0.15) is 0 Å². The molecule has 118 valence electrons. The van der Waals surface area contributed by atoms with Crippen molar-refractivity contribution in [1.29, 1.82) is 0 Å². The Hall–Kier alpha value is -1.64. The lowest BCUT2D eigenvalue weighted by Crippen LogP contribution is -2.47. The molecule has 1 N–H and O–H groups in total. The maximum absolute atomic E-state index is 13.0. The summed E-state index contributed by atoms with van der Waals surface area (Å²) >= 11 is 0. The van der Waals surface area contributed by atoms with Gasteiger partial charge in [0.2, 0.25) is 5.91 Å². The van der Waals surface area contributed by atoms with Crippen LogP contribution in [0.25, 0.3) is 0 Å². The maximum atomic E-state index is 13.0. The second-order valence-electron chi connectivity index (χ2n) is 7.74. The Kier molecular flexibility index (Phi) is 3.24. The molecular formula is C19H25NO2. The number of Topliss-reactive ketones (excluding diaryl/α,β-unsaturated/α-hetero) is 1. The van der Waals surface area contributed by atoms with Crippen LogP contribution in [0.4, 0.5) is 0 Å². The molecule has 3 nitrogen and oxygen atoms in total. The van der Waals surface area contributed by atoms with Crippen LogP contribution in [-0.2, 0) is 9.59 Å². The maximum Gasteiger partial charge on any atom is 0.227 e. The molecule has 1 amide bonds. The first-order valence-electron chi connectivity index (χ1n) is 8.14. The smallest absolute Gasteiger partial charge is 0.227 e. The standard InChI is InChI=1S/C19H25NO2/c1-13(14-8-6-5-7-9-14)20-16(22)19-11-10-18(4,15(21)12-19)17(19,2)3/h5-9,13H,10-12H2,1-4H3,(H,20,22)/t13-,18+,19-/m1/s1. The molecule has 22 heavy (non-hydrogen) atoms. The molecule has 0 heterocycles. The van der Waals surface area contributed by atoms with Crippen molar-refractivity contribution in [2.24, 2.45) is 16.2 Å². The van der Waals surface area contributed by atoms with Crippen molar-refractivity contribution in [2.75, 3.05) is 0 Å². The van der Waals surface area contributed by atoms with Gasteiger partial charge < -0.3 is 5.32 Å². The van der Waals surface area contributed by atoms with E-state index in [-0.39, 0.29) is 28.6 Å². The third kappa shape index (κ3) is 1.74. The Morgan fingerprint density at radius 2 is 1.77 bits per heavy atom. The Morgan fingerprint density at radius 3 is 2.27 bits per heavy atom. The fourth-order valence-electron chi connectivity index (χ4n) is 4.52. The summed E-state index contributed by atoms with van der Waals surface area (Å²) in [6, 6.07) is 9.93. The zero-order chi connectivity index (χ0) is 16.2. The minimum atomic E-state index is -0.540. The van der Waals surface area contributed by atoms with Gasteiger partial charge >= 0.3 is 0 Å². The van der Waals surface area contributed by atoms with E-state index in [4.69, 9.17) is 0 Å². The predicted octanol–water partition coefficient (Wildman–Crippen LogP) is 3.65. The second kappa shape index (κ2) is 4.68. The van der Waals surface area contributed by atoms with Gasteiger partial charge in [0.05, 0.1) is 11.5 Å². The van der Waals surface area contributed by atoms with Gasteiger partial charge in [0, 0.05) is 11.8 Å². The fourth-order valence-corrected chi connectivity index (χ4v) is 4.52. The van der Waals surface area contributed by atoms with E-state index < -0.39 is 5.41 Å². The molecule has 1 aromatic carbocycles. The summed E-state index contributed by atoms with van der Waals surface area (Å²) in [6.07, 6.45) is 2.03. The number of hydrogen-bond donors (Lipinski definition) is 1. The van der Waals surface area contributed by atoms with Crippen LogP contribution in [0, 0.1) is 16.2 Å². The van der Waals surface area contributed by atoms with E-state index in [1.807, 2.05) is 44.2 Å². The highest BCUT2D eigenvalue weighted by Crippen LogP contribution is 2.70. The molecule has 0 aliphatic heterocycles. The molecule has 3 rings (SSSR count). The lowest BCUT2D eigenvalue weighted by atomic mass is 9.64. The molecule has 0 saturated heterocycles. The van der Waals surface area contributed by atoms with Crippen molar-refractivity contribution in [3.05, 3.63) is 35.9 Å². The minimum Gasteiger partial charge on any atom is -0.349 e. The summed E-state index contributed by atoms with van der Waals surface area (Å²) in [4.78, 5) is 25.5. The molecule has 2 bridgehead atoms. The molecule has 0 radical (unpaired) electrons. The summed E-state index contributed by atoms with van der Waals surface area (Å²) in [5, 5.41) is 3.16. The van der Waals surface area contributed by atoms with Gasteiger partial charge in [-0.05, 0) is 30.7 Å². The molecule has 2 aliphatic carbocycles. The fraction of sp³-hybridized carbons (Fsp3) is 0.579. The van der Waals surface area contributed by atoms with Crippen LogP contribution in [0.2, 0.25) is 0 Å². The normalized spacial score (nSPS) is 33.7. The molecular weight excluding hydrogens is 274 g/mol. The van der Waals surface area contributed by atoms with E-state index in [9.17, 15) is 9.59 Å². The monoisotopic (exact) mass is 299 g/mol. The molecule has 0 aromatic heterocycles. The number of rotatable bonds is 3. The zero-order valence-electron chi connectivity index (χ0n) is 13.9. The number of amides is 1. The highest BCUT2D eigenvalue weighted by Gasteiger charge is 2.72. The van der Waals surface area contributed by atoms with Crippen molar-refractivity contribution >= 4 is 11.7 Å². The average molecular weight is 299 g/mol. The van der Waals surface area contributed by atoms with E-state index in [2.05, 4.69) is 19.2 Å². The van der Waals surface area contributed by atoms with Crippen LogP contribution in [0.1, 0.15) is 58.6 Å². The van der Waals surface area contributed by atoms with Crippen LogP contribution in [-0.4, -0.2) is 11.7 Å². The van der Waals surface area contributed by atoms with Gasteiger partial charge in [0.15, 0.2) is 0 Å². The summed E-state index contributed by atoms with van der Waals surface area (Å²) in [6.45, 7) is 8.23. The van der Waals surface area contributed by atoms with Crippen molar-refractivity contribution in [1.82, 2.24) is 5.32 Å². The topological polar surface area (TPSA) is 46.2 Å². The first-order valence-corrected chi connectivity index (χ1v) is 8.14. The number of nitrogens with one attached hydrogen (secondary N) is 1. The number of ketones is 1. The lowest BCUT2D eigenvalue weighted by molar-refractivity contribution is -0.137. The first kappa shape index (κ1) is 15.3. The number of carbonyl (C=O) groups is 2. The SMILES string of the molecule is C[C@@H](NC(=O)[C@@]12CC[C@@](C)(C(=O)C1)C2(C)C)c1ccccc1. The predicted molar refractivity (Wildman–Crippen MR) is 86.2 cm³/mol. The third-order valence-electron chi connectivity index (χ3n) is 6.79. The Bertz CT molecular complexity index is 622. The van der Waals surface area contributed by atoms with Gasteiger partial charge in [-0.25, -0.2) is 0 Å². The summed E-state index contributed by atoms with van der Waals surface area (Å²) < 4.78 is 0. The molecule has 3 atom stereocenters. The first-order chi connectivity index (χ1) is 10.2. The van der Waals surface area contributed by atoms with E-state index >= 15 is 0 Å². The third-order valence-corrected chi connectivity index (χ3v) is 6.79. The largest absolute Gasteiger partial charge is 0.349 e. The summed E-state index contributed by atoms with van der Waals surface area (Å²) in [5.41, 5.74) is -0.0742. The van der Waals surface area contributed by atoms with Crippen LogP contribution in [0.5, 0.6) is 0 Å². The average Bonchev–Trinajstić information content (AvgIpc) is 2.78. The van der Waals surface area contributed by atoms with Crippen LogP contribution in [0.3, 0.4) is 0 Å². The van der Waals surface area contributed by atoms with Gasteiger partial charge in [-0.15, -0.1) is 0 Å². The van der Waals surface area contributed by atoms with Gasteiger partial charge in [0.25, 0.3) is 0 Å². The van der Waals surface area contributed by atoms with E-state index in [0.717, 1.165) is 18.4 Å². The van der Waals surface area contributed by atoms with E-state index in [1.54, 1.807) is 0 Å². The van der Waals surface area contributed by atoms with Crippen LogP contribution in [0.15, 0.2) is 30.3 Å². The number of fused-ring (bicyclic) bond motifs is 2. The minimum absolute atomic E-state index is 0.0403. The van der Waals surface area contributed by atoms with Crippen molar-refractivity contribution in [3.63, 3.8) is 0 Å². The zero-order valence-corrected chi connectivity index (χ0v) is 13.9. The van der Waals surface area contributed by atoms with Crippen molar-refractivity contribution < 1.29 is 9.59 Å². The van der Waals surface area contributed by atoms with Crippen molar-refractivity contribution in [3.8, 4) is 0 Å². The summed E-state index contributed by atoms with van der Waals surface area (Å²) in [7, 11) is 0. The summed E-state index contributed by atoms with van der Waals surface area (Å²) in [5.74, 6) is 0.301. The van der Waals surface area contributed by atoms with Crippen LogP contribution < -0.4 is 5.32 Å². The van der Waals surface area contributed by atoms with Gasteiger partial charge in [-0.3, -0.25) is 9.59 Å². The number of hydrogen-bond acceptors (Lipinski definition) is 2. The molecule has 0 unspecified atom stereocenters. The van der Waals surface area contributed by atoms with E-state index in [0.29, 0.717) is 6.42 Å². The molecule has 2 saturated carbocycles. The number of benzene rings is 1. The van der Waals surface area contributed by atoms with Crippen molar-refractivity contribution in [2.45, 2.75) is 53.0 Å². The number of carbonyl (C=O) groups excluding carboxylic acids is 2. The van der Waals surface area contributed by atoms with Gasteiger partial charge in [0.1, 0.15) is 5.78 Å². The van der Waals surface area contributed by atoms with Crippen LogP contribution >= 0.6 is 0 Å². The molecule has 3 heteroatoms. The second-order valence-corrected chi connectivity index (χ2v) is 7.74. The molecule has 2 aliphatic rings. The lowest BCUT2D eigenvalue weighted by Gasteiger charge is -2.39. The van der Waals surface area contributed by atoms with E-state index in [1.165, 1.54) is 0 Å².